The molecule has 0 bridgehead atoms. The van der Waals surface area contributed by atoms with Gasteiger partial charge < -0.3 is 10.3 Å². The average Bonchev–Trinajstić information content (AvgIpc) is 2.86. The molecule has 1 amide bonds. The Kier molecular flexibility index (Phi) is 3.97. The number of benzene rings is 1. The number of carbonyl (C=O) groups excluding carboxylic acids is 1. The molecule has 0 atom stereocenters. The molecule has 2 N–H and O–H groups in total. The lowest BCUT2D eigenvalue weighted by Gasteiger charge is -2.13. The average molecular weight is 245 g/mol. The zero-order valence-electron chi connectivity index (χ0n) is 10.9. The fourth-order valence-corrected chi connectivity index (χ4v) is 1.99. The van der Waals surface area contributed by atoms with Gasteiger partial charge in [0, 0.05) is 12.1 Å². The first-order valence-electron chi connectivity index (χ1n) is 6.46. The van der Waals surface area contributed by atoms with E-state index in [4.69, 9.17) is 0 Å². The number of rotatable bonds is 5. The standard InChI is InChI=1S/C14H19N3O/c1-3-10(4-2)8-15-14(18)11-5-6-12-13(7-11)17-9-16-12/h5-7,9-10H,3-4,8H2,1-2H3,(H,15,18)(H,16,17). The monoisotopic (exact) mass is 245 g/mol. The third-order valence-corrected chi connectivity index (χ3v) is 3.39. The molecule has 0 saturated carbocycles. The zero-order chi connectivity index (χ0) is 13.0. The molecule has 0 aliphatic heterocycles. The minimum absolute atomic E-state index is 0.0154. The maximum Gasteiger partial charge on any atom is 0.251 e. The van der Waals surface area contributed by atoms with Gasteiger partial charge in [0.2, 0.25) is 0 Å². The predicted molar refractivity (Wildman–Crippen MR) is 72.5 cm³/mol. The lowest BCUT2D eigenvalue weighted by atomic mass is 10.0. The van der Waals surface area contributed by atoms with Gasteiger partial charge in [-0.15, -0.1) is 0 Å². The number of nitrogens with one attached hydrogen (secondary N) is 2. The maximum absolute atomic E-state index is 12.0. The second-order valence-electron chi connectivity index (χ2n) is 4.53. The molecule has 96 valence electrons. The van der Waals surface area contributed by atoms with E-state index < -0.39 is 0 Å². The van der Waals surface area contributed by atoms with Gasteiger partial charge in [-0.25, -0.2) is 4.98 Å². The lowest BCUT2D eigenvalue weighted by molar-refractivity contribution is 0.0946. The van der Waals surface area contributed by atoms with E-state index in [1.54, 1.807) is 6.33 Å². The van der Waals surface area contributed by atoms with Gasteiger partial charge in [-0.1, -0.05) is 26.7 Å². The molecular formula is C14H19N3O. The SMILES string of the molecule is CCC(CC)CNC(=O)c1ccc2nc[nH]c2c1. The van der Waals surface area contributed by atoms with Crippen LogP contribution in [0.2, 0.25) is 0 Å². The molecule has 0 fully saturated rings. The second-order valence-corrected chi connectivity index (χ2v) is 4.53. The van der Waals surface area contributed by atoms with Crippen LogP contribution in [0.25, 0.3) is 11.0 Å². The minimum Gasteiger partial charge on any atom is -0.352 e. The summed E-state index contributed by atoms with van der Waals surface area (Å²) < 4.78 is 0. The maximum atomic E-state index is 12.0. The lowest BCUT2D eigenvalue weighted by Crippen LogP contribution is -2.28. The predicted octanol–water partition coefficient (Wildman–Crippen LogP) is 2.73. The van der Waals surface area contributed by atoms with E-state index in [1.165, 1.54) is 0 Å². The molecule has 1 heterocycles. The number of aromatic amines is 1. The van der Waals surface area contributed by atoms with Gasteiger partial charge in [0.25, 0.3) is 5.91 Å². The molecule has 0 spiro atoms. The highest BCUT2D eigenvalue weighted by molar-refractivity contribution is 5.97. The van der Waals surface area contributed by atoms with Crippen LogP contribution in [0.5, 0.6) is 0 Å². The van der Waals surface area contributed by atoms with Crippen LogP contribution in [0, 0.1) is 5.92 Å². The molecule has 1 aromatic heterocycles. The highest BCUT2D eigenvalue weighted by Crippen LogP contribution is 2.12. The van der Waals surface area contributed by atoms with Crippen molar-refractivity contribution >= 4 is 16.9 Å². The molecule has 0 aliphatic rings. The summed E-state index contributed by atoms with van der Waals surface area (Å²) in [5, 5.41) is 2.98. The van der Waals surface area contributed by atoms with E-state index in [-0.39, 0.29) is 5.91 Å². The number of fused-ring (bicyclic) bond motifs is 1. The van der Waals surface area contributed by atoms with Crippen molar-refractivity contribution in [3.63, 3.8) is 0 Å². The number of H-pyrrole nitrogens is 1. The molecule has 2 rings (SSSR count). The first-order chi connectivity index (χ1) is 8.74. The van der Waals surface area contributed by atoms with Crippen LogP contribution in [-0.2, 0) is 0 Å². The van der Waals surface area contributed by atoms with Crippen molar-refractivity contribution in [2.24, 2.45) is 5.92 Å². The van der Waals surface area contributed by atoms with Gasteiger partial charge in [0.1, 0.15) is 0 Å². The largest absolute Gasteiger partial charge is 0.352 e. The normalized spacial score (nSPS) is 11.1. The van der Waals surface area contributed by atoms with Crippen LogP contribution in [0.1, 0.15) is 37.0 Å². The Morgan fingerprint density at radius 1 is 1.39 bits per heavy atom. The van der Waals surface area contributed by atoms with E-state index in [0.717, 1.165) is 30.4 Å². The third-order valence-electron chi connectivity index (χ3n) is 3.39. The van der Waals surface area contributed by atoms with Gasteiger partial charge in [-0.2, -0.15) is 0 Å². The Morgan fingerprint density at radius 3 is 2.89 bits per heavy atom. The summed E-state index contributed by atoms with van der Waals surface area (Å²) in [4.78, 5) is 19.1. The molecular weight excluding hydrogens is 226 g/mol. The molecule has 0 aliphatic carbocycles. The summed E-state index contributed by atoms with van der Waals surface area (Å²) in [6, 6.07) is 5.51. The van der Waals surface area contributed by atoms with E-state index >= 15 is 0 Å². The Morgan fingerprint density at radius 2 is 2.17 bits per heavy atom. The summed E-state index contributed by atoms with van der Waals surface area (Å²) in [6.07, 6.45) is 3.82. The van der Waals surface area contributed by atoms with Crippen molar-refractivity contribution in [3.05, 3.63) is 30.1 Å². The summed E-state index contributed by atoms with van der Waals surface area (Å²) in [6.45, 7) is 5.04. The van der Waals surface area contributed by atoms with E-state index in [9.17, 15) is 4.79 Å². The summed E-state index contributed by atoms with van der Waals surface area (Å²) in [5.74, 6) is 0.545. The number of carbonyl (C=O) groups is 1. The van der Waals surface area contributed by atoms with Gasteiger partial charge in [-0.3, -0.25) is 4.79 Å². The smallest absolute Gasteiger partial charge is 0.251 e. The first kappa shape index (κ1) is 12.6. The van der Waals surface area contributed by atoms with Crippen molar-refractivity contribution in [1.82, 2.24) is 15.3 Å². The van der Waals surface area contributed by atoms with Crippen molar-refractivity contribution < 1.29 is 4.79 Å². The molecule has 0 unspecified atom stereocenters. The van der Waals surface area contributed by atoms with Crippen LogP contribution < -0.4 is 5.32 Å². The quantitative estimate of drug-likeness (QED) is 0.851. The van der Waals surface area contributed by atoms with E-state index in [2.05, 4.69) is 29.1 Å². The van der Waals surface area contributed by atoms with Crippen molar-refractivity contribution in [2.45, 2.75) is 26.7 Å². The molecule has 0 radical (unpaired) electrons. The summed E-state index contributed by atoms with van der Waals surface area (Å²) >= 11 is 0. The molecule has 4 heteroatoms. The molecule has 1 aromatic carbocycles. The Hall–Kier alpha value is -1.84. The van der Waals surface area contributed by atoms with Gasteiger partial charge in [0.05, 0.1) is 17.4 Å². The van der Waals surface area contributed by atoms with Crippen LogP contribution >= 0.6 is 0 Å². The van der Waals surface area contributed by atoms with Crippen molar-refractivity contribution in [1.29, 1.82) is 0 Å². The van der Waals surface area contributed by atoms with Gasteiger partial charge in [0.15, 0.2) is 0 Å². The van der Waals surface area contributed by atoms with Crippen molar-refractivity contribution in [3.8, 4) is 0 Å². The molecule has 4 nitrogen and oxygen atoms in total. The van der Waals surface area contributed by atoms with E-state index in [1.807, 2.05) is 18.2 Å². The van der Waals surface area contributed by atoms with Crippen LogP contribution in [0.3, 0.4) is 0 Å². The van der Waals surface area contributed by atoms with Gasteiger partial charge >= 0.3 is 0 Å². The molecule has 0 saturated heterocycles. The van der Waals surface area contributed by atoms with Crippen LogP contribution in [0.4, 0.5) is 0 Å². The Balaban J connectivity index is 2.04. The summed E-state index contributed by atoms with van der Waals surface area (Å²) in [7, 11) is 0. The van der Waals surface area contributed by atoms with Crippen LogP contribution in [-0.4, -0.2) is 22.4 Å². The number of nitrogens with zero attached hydrogens (tertiary/aromatic N) is 1. The van der Waals surface area contributed by atoms with Crippen LogP contribution in [0.15, 0.2) is 24.5 Å². The van der Waals surface area contributed by atoms with E-state index in [0.29, 0.717) is 11.5 Å². The Labute approximate surface area is 107 Å². The minimum atomic E-state index is -0.0154. The zero-order valence-corrected chi connectivity index (χ0v) is 10.9. The Bertz CT molecular complexity index is 529. The van der Waals surface area contributed by atoms with Gasteiger partial charge in [-0.05, 0) is 24.1 Å². The fourth-order valence-electron chi connectivity index (χ4n) is 1.99. The second kappa shape index (κ2) is 5.67. The highest BCUT2D eigenvalue weighted by Gasteiger charge is 2.09. The topological polar surface area (TPSA) is 57.8 Å². The number of aromatic nitrogens is 2. The summed E-state index contributed by atoms with van der Waals surface area (Å²) in [5.41, 5.74) is 2.45. The number of amides is 1. The first-order valence-corrected chi connectivity index (χ1v) is 6.46. The fraction of sp³-hybridized carbons (Fsp3) is 0.429. The number of hydrogen-bond donors (Lipinski definition) is 2. The number of imidazole rings is 1. The molecule has 2 aromatic rings. The highest BCUT2D eigenvalue weighted by atomic mass is 16.1. The van der Waals surface area contributed by atoms with Crippen molar-refractivity contribution in [2.75, 3.05) is 6.54 Å². The third kappa shape index (κ3) is 2.70. The number of hydrogen-bond acceptors (Lipinski definition) is 2. The molecule has 18 heavy (non-hydrogen) atoms.